The summed E-state index contributed by atoms with van der Waals surface area (Å²) in [6.45, 7) is 2.41. The molecule has 150 valence electrons. The maximum absolute atomic E-state index is 13.4. The first-order valence-electron chi connectivity index (χ1n) is 8.76. The molecule has 2 heterocycles. The first kappa shape index (κ1) is 19.9. The minimum Gasteiger partial charge on any atom is -0.481 e. The van der Waals surface area contributed by atoms with E-state index < -0.39 is 43.0 Å². The third kappa shape index (κ3) is 3.48. The fraction of sp³-hybridized carbons (Fsp3) is 0.421. The number of hydrogen-bond donors (Lipinski definition) is 1. The largest absolute Gasteiger partial charge is 0.481 e. The number of carbonyl (C=O) groups excluding carboxylic acids is 1. The summed E-state index contributed by atoms with van der Waals surface area (Å²) in [5, 5.41) is 9.94. The lowest BCUT2D eigenvalue weighted by Gasteiger charge is -2.23. The number of nitrogens with zero attached hydrogens (tertiary/aromatic N) is 2. The van der Waals surface area contributed by atoms with Crippen LogP contribution in [0.4, 0.5) is 19.0 Å². The Bertz CT molecular complexity index is 929. The second-order valence-electron chi connectivity index (χ2n) is 6.67. The molecule has 28 heavy (non-hydrogen) atoms. The van der Waals surface area contributed by atoms with E-state index >= 15 is 0 Å². The van der Waals surface area contributed by atoms with Crippen LogP contribution < -0.4 is 4.90 Å². The minimum atomic E-state index is -4.67. The second kappa shape index (κ2) is 7.29. The average molecular weight is 396 g/mol. The van der Waals surface area contributed by atoms with Gasteiger partial charge < -0.3 is 14.7 Å². The average Bonchev–Trinajstić information content (AvgIpc) is 3.08. The van der Waals surface area contributed by atoms with Crippen LogP contribution >= 0.6 is 0 Å². The van der Waals surface area contributed by atoms with Gasteiger partial charge in [-0.1, -0.05) is 18.2 Å². The lowest BCUT2D eigenvalue weighted by molar-refractivity contribution is -0.187. The van der Waals surface area contributed by atoms with Crippen molar-refractivity contribution in [2.45, 2.75) is 20.0 Å². The number of carboxylic acid groups (broad SMARTS) is 1. The van der Waals surface area contributed by atoms with E-state index in [1.807, 2.05) is 0 Å². The molecule has 0 amide bonds. The predicted octanol–water partition coefficient (Wildman–Crippen LogP) is 3.42. The number of aliphatic carboxylic acids is 1. The Morgan fingerprint density at radius 1 is 1.29 bits per heavy atom. The number of ether oxygens (including phenoxy) is 1. The summed E-state index contributed by atoms with van der Waals surface area (Å²) in [5.41, 5.74) is 1.10. The molecule has 1 aliphatic rings. The summed E-state index contributed by atoms with van der Waals surface area (Å²) in [7, 11) is 0. The smallest absolute Gasteiger partial charge is 0.394 e. The van der Waals surface area contributed by atoms with Gasteiger partial charge in [0.05, 0.1) is 24.0 Å². The van der Waals surface area contributed by atoms with Gasteiger partial charge in [-0.2, -0.15) is 13.2 Å². The number of aryl methyl sites for hydroxylation is 1. The standard InChI is InChI=1S/C19H19F3N2O4/c1-3-28-18(27)15-10(2)11-6-4-5-7-14(11)23-16(15)24-8-12(17(25)26)13(9-24)19(20,21)22/h4-7,12-13H,3,8-9H2,1-2H3,(H,25,26)/t12-,13-/m1/s1. The van der Waals surface area contributed by atoms with Gasteiger partial charge in [0, 0.05) is 18.5 Å². The molecular weight excluding hydrogens is 377 g/mol. The van der Waals surface area contributed by atoms with Gasteiger partial charge in [-0.15, -0.1) is 0 Å². The number of para-hydroxylation sites is 1. The van der Waals surface area contributed by atoms with Gasteiger partial charge in [-0.05, 0) is 25.5 Å². The van der Waals surface area contributed by atoms with Gasteiger partial charge in [-0.25, -0.2) is 9.78 Å². The van der Waals surface area contributed by atoms with Gasteiger partial charge in [0.15, 0.2) is 0 Å². The van der Waals surface area contributed by atoms with Crippen LogP contribution in [0.1, 0.15) is 22.8 Å². The normalized spacial score (nSPS) is 19.8. The molecule has 2 aromatic rings. The van der Waals surface area contributed by atoms with Crippen molar-refractivity contribution in [1.29, 1.82) is 0 Å². The first-order chi connectivity index (χ1) is 13.1. The summed E-state index contributed by atoms with van der Waals surface area (Å²) in [4.78, 5) is 29.6. The molecule has 0 bridgehead atoms. The van der Waals surface area contributed by atoms with Crippen LogP contribution in [-0.4, -0.2) is 47.9 Å². The molecule has 0 unspecified atom stereocenters. The molecule has 1 N–H and O–H groups in total. The molecule has 6 nitrogen and oxygen atoms in total. The molecule has 0 saturated carbocycles. The Morgan fingerprint density at radius 3 is 2.54 bits per heavy atom. The summed E-state index contributed by atoms with van der Waals surface area (Å²) >= 11 is 0. The van der Waals surface area contributed by atoms with Crippen LogP contribution in [0.3, 0.4) is 0 Å². The lowest BCUT2D eigenvalue weighted by atomic mass is 9.96. The number of alkyl halides is 3. The van der Waals surface area contributed by atoms with Gasteiger partial charge in [-0.3, -0.25) is 4.79 Å². The molecule has 0 radical (unpaired) electrons. The van der Waals surface area contributed by atoms with Gasteiger partial charge in [0.2, 0.25) is 0 Å². The Hall–Kier alpha value is -2.84. The number of carboxylic acids is 1. The maximum atomic E-state index is 13.4. The van der Waals surface area contributed by atoms with Crippen molar-refractivity contribution >= 4 is 28.7 Å². The monoisotopic (exact) mass is 396 g/mol. The second-order valence-corrected chi connectivity index (χ2v) is 6.67. The Kier molecular flexibility index (Phi) is 5.18. The Labute approximate surface area is 158 Å². The minimum absolute atomic E-state index is 0.0210. The summed E-state index contributed by atoms with van der Waals surface area (Å²) in [5.74, 6) is -5.89. The molecule has 0 aliphatic carbocycles. The van der Waals surface area contributed by atoms with Crippen molar-refractivity contribution in [1.82, 2.24) is 4.98 Å². The van der Waals surface area contributed by atoms with E-state index in [1.165, 1.54) is 4.90 Å². The molecular formula is C19H19F3N2O4. The number of esters is 1. The van der Waals surface area contributed by atoms with E-state index in [9.17, 15) is 27.9 Å². The number of halogens is 3. The van der Waals surface area contributed by atoms with Crippen LogP contribution in [0, 0.1) is 18.8 Å². The van der Waals surface area contributed by atoms with Crippen molar-refractivity contribution in [2.24, 2.45) is 11.8 Å². The SMILES string of the molecule is CCOC(=O)c1c(N2C[C@@H](C(F)(F)F)[C@H](C(=O)O)C2)nc2ccccc2c1C. The van der Waals surface area contributed by atoms with E-state index in [0.29, 0.717) is 16.5 Å². The highest BCUT2D eigenvalue weighted by Crippen LogP contribution is 2.41. The van der Waals surface area contributed by atoms with E-state index in [2.05, 4.69) is 4.98 Å². The van der Waals surface area contributed by atoms with Crippen LogP contribution in [0.2, 0.25) is 0 Å². The lowest BCUT2D eigenvalue weighted by Crippen LogP contribution is -2.33. The summed E-state index contributed by atoms with van der Waals surface area (Å²) in [6, 6.07) is 6.94. The molecule has 3 rings (SSSR count). The predicted molar refractivity (Wildman–Crippen MR) is 95.3 cm³/mol. The maximum Gasteiger partial charge on any atom is 0.394 e. The fourth-order valence-corrected chi connectivity index (χ4v) is 3.60. The third-order valence-corrected chi connectivity index (χ3v) is 4.97. The number of anilines is 1. The number of aromatic nitrogens is 1. The Morgan fingerprint density at radius 2 is 1.96 bits per heavy atom. The summed E-state index contributed by atoms with van der Waals surface area (Å²) in [6.07, 6.45) is -4.67. The van der Waals surface area contributed by atoms with Gasteiger partial charge in [0.25, 0.3) is 0 Å². The van der Waals surface area contributed by atoms with Crippen molar-refractivity contribution < 1.29 is 32.6 Å². The highest BCUT2D eigenvalue weighted by atomic mass is 19.4. The number of rotatable bonds is 4. The highest BCUT2D eigenvalue weighted by molar-refractivity contribution is 6.02. The number of fused-ring (bicyclic) bond motifs is 1. The fourth-order valence-electron chi connectivity index (χ4n) is 3.60. The zero-order chi connectivity index (χ0) is 20.6. The zero-order valence-electron chi connectivity index (χ0n) is 15.3. The van der Waals surface area contributed by atoms with Crippen LogP contribution in [-0.2, 0) is 9.53 Å². The third-order valence-electron chi connectivity index (χ3n) is 4.97. The molecule has 9 heteroatoms. The summed E-state index contributed by atoms with van der Waals surface area (Å²) < 4.78 is 45.2. The molecule has 1 fully saturated rings. The van der Waals surface area contributed by atoms with Crippen LogP contribution in [0.15, 0.2) is 24.3 Å². The molecule has 1 saturated heterocycles. The van der Waals surface area contributed by atoms with Crippen LogP contribution in [0.25, 0.3) is 10.9 Å². The molecule has 2 atom stereocenters. The molecule has 1 aromatic carbocycles. The molecule has 1 aliphatic heterocycles. The van der Waals surface area contributed by atoms with Crippen molar-refractivity contribution in [2.75, 3.05) is 24.6 Å². The molecule has 0 spiro atoms. The van der Waals surface area contributed by atoms with Crippen LogP contribution in [0.5, 0.6) is 0 Å². The topological polar surface area (TPSA) is 79.7 Å². The molecule has 1 aromatic heterocycles. The quantitative estimate of drug-likeness (QED) is 0.798. The van der Waals surface area contributed by atoms with Crippen molar-refractivity contribution in [3.05, 3.63) is 35.4 Å². The number of pyridine rings is 1. The van der Waals surface area contributed by atoms with Gasteiger partial charge >= 0.3 is 18.1 Å². The van der Waals surface area contributed by atoms with Crippen molar-refractivity contribution in [3.8, 4) is 0 Å². The van der Waals surface area contributed by atoms with Gasteiger partial charge in [0.1, 0.15) is 11.4 Å². The first-order valence-corrected chi connectivity index (χ1v) is 8.76. The number of benzene rings is 1. The zero-order valence-corrected chi connectivity index (χ0v) is 15.3. The number of carbonyl (C=O) groups is 2. The van der Waals surface area contributed by atoms with E-state index in [0.717, 1.165) is 0 Å². The van der Waals surface area contributed by atoms with E-state index in [1.54, 1.807) is 38.1 Å². The van der Waals surface area contributed by atoms with E-state index in [-0.39, 0.29) is 18.0 Å². The van der Waals surface area contributed by atoms with Crippen molar-refractivity contribution in [3.63, 3.8) is 0 Å². The Balaban J connectivity index is 2.15. The number of hydrogen-bond acceptors (Lipinski definition) is 5. The van der Waals surface area contributed by atoms with E-state index in [4.69, 9.17) is 4.74 Å². The highest BCUT2D eigenvalue weighted by Gasteiger charge is 2.53.